The molecule has 298 valence electrons. The van der Waals surface area contributed by atoms with E-state index in [2.05, 4.69) is 93.2 Å². The molecule has 4 aliphatic rings. The molecule has 0 bridgehead atoms. The Kier molecular flexibility index (Phi) is 14.4. The van der Waals surface area contributed by atoms with Gasteiger partial charge in [0, 0.05) is 54.5 Å². The SMILES string of the molecule is C=C(CCC1CCCN1)C(C)(C)c1ccc(N)c(/C(CCN=C(NC(=O)OC(C)C)N2CCC(C3=CCN(F)C=C3)C2)=C2CC\C=C(C)/C=C(C)\C=C\2C)c1. The second kappa shape index (κ2) is 19.0. The van der Waals surface area contributed by atoms with E-state index in [9.17, 15) is 9.28 Å². The fourth-order valence-corrected chi connectivity index (χ4v) is 8.28. The zero-order chi connectivity index (χ0) is 39.7. The molecule has 55 heavy (non-hydrogen) atoms. The fourth-order valence-electron chi connectivity index (χ4n) is 8.28. The molecular weight excluding hydrogens is 688 g/mol. The van der Waals surface area contributed by atoms with Crippen LogP contribution in [0.25, 0.3) is 5.57 Å². The number of aliphatic imine (C=N–C) groups is 1. The predicted octanol–water partition coefficient (Wildman–Crippen LogP) is 9.86. The van der Waals surface area contributed by atoms with E-state index in [0.29, 0.717) is 43.2 Å². The number of anilines is 1. The number of rotatable bonds is 11. The molecule has 1 aliphatic carbocycles. The van der Waals surface area contributed by atoms with Crippen LogP contribution in [0.5, 0.6) is 0 Å². The number of alkyl carbamates (subject to hydrolysis) is 1. The first-order valence-corrected chi connectivity index (χ1v) is 20.4. The summed E-state index contributed by atoms with van der Waals surface area (Å²) < 4.78 is 19.2. The smallest absolute Gasteiger partial charge is 0.414 e. The van der Waals surface area contributed by atoms with Gasteiger partial charge in [0.1, 0.15) is 0 Å². The van der Waals surface area contributed by atoms with Gasteiger partial charge in [0.05, 0.1) is 12.6 Å². The molecule has 2 unspecified atom stereocenters. The van der Waals surface area contributed by atoms with Crippen molar-refractivity contribution in [1.82, 2.24) is 20.7 Å². The van der Waals surface area contributed by atoms with Crippen LogP contribution in [0.3, 0.4) is 0 Å². The van der Waals surface area contributed by atoms with Gasteiger partial charge in [-0.1, -0.05) is 67.5 Å². The number of nitrogens with two attached hydrogens (primary N) is 1. The summed E-state index contributed by atoms with van der Waals surface area (Å²) in [6.07, 6.45) is 19.1. The number of carbonyl (C=O) groups excluding carboxylic acids is 1. The maximum absolute atomic E-state index is 13.7. The molecule has 1 aromatic carbocycles. The van der Waals surface area contributed by atoms with Crippen LogP contribution >= 0.6 is 0 Å². The summed E-state index contributed by atoms with van der Waals surface area (Å²) in [5, 5.41) is 7.29. The predicted molar refractivity (Wildman–Crippen MR) is 227 cm³/mol. The van der Waals surface area contributed by atoms with E-state index < -0.39 is 6.09 Å². The molecular formula is C46H65FN6O2. The van der Waals surface area contributed by atoms with Crippen molar-refractivity contribution in [3.8, 4) is 0 Å². The third kappa shape index (κ3) is 11.3. The number of amides is 1. The lowest BCUT2D eigenvalue weighted by atomic mass is 9.75. The minimum Gasteiger partial charge on any atom is -0.447 e. The number of nitrogens with zero attached hydrogens (tertiary/aromatic N) is 3. The highest BCUT2D eigenvalue weighted by Gasteiger charge is 2.30. The zero-order valence-corrected chi connectivity index (χ0v) is 34.4. The van der Waals surface area contributed by atoms with Crippen LogP contribution in [0.15, 0.2) is 99.8 Å². The third-order valence-corrected chi connectivity index (χ3v) is 11.6. The van der Waals surface area contributed by atoms with Crippen LogP contribution in [-0.4, -0.2) is 66.9 Å². The quantitative estimate of drug-likeness (QED) is 0.0685. The number of carbonyl (C=O) groups is 1. The van der Waals surface area contributed by atoms with Crippen molar-refractivity contribution in [3.05, 3.63) is 106 Å². The summed E-state index contributed by atoms with van der Waals surface area (Å²) >= 11 is 0. The lowest BCUT2D eigenvalue weighted by molar-refractivity contribution is 0.104. The van der Waals surface area contributed by atoms with Crippen LogP contribution in [0, 0.1) is 5.92 Å². The van der Waals surface area contributed by atoms with Crippen molar-refractivity contribution < 1.29 is 14.0 Å². The highest BCUT2D eigenvalue weighted by Crippen LogP contribution is 2.40. The lowest BCUT2D eigenvalue weighted by Gasteiger charge is -2.30. The van der Waals surface area contributed by atoms with Crippen LogP contribution in [-0.2, 0) is 10.2 Å². The Labute approximate surface area is 329 Å². The largest absolute Gasteiger partial charge is 0.447 e. The summed E-state index contributed by atoms with van der Waals surface area (Å²) in [4.78, 5) is 20.2. The summed E-state index contributed by atoms with van der Waals surface area (Å²) in [5.74, 6) is 0.713. The third-order valence-electron chi connectivity index (χ3n) is 11.6. The zero-order valence-electron chi connectivity index (χ0n) is 34.4. The van der Waals surface area contributed by atoms with Gasteiger partial charge in [0.15, 0.2) is 0 Å². The molecule has 9 heteroatoms. The van der Waals surface area contributed by atoms with E-state index in [0.717, 1.165) is 55.5 Å². The van der Waals surface area contributed by atoms with E-state index >= 15 is 0 Å². The van der Waals surface area contributed by atoms with E-state index in [4.69, 9.17) is 15.5 Å². The Morgan fingerprint density at radius 3 is 2.65 bits per heavy atom. The van der Waals surface area contributed by atoms with Gasteiger partial charge in [0.25, 0.3) is 0 Å². The Hall–Kier alpha value is -4.37. The summed E-state index contributed by atoms with van der Waals surface area (Å²) in [5.41, 5.74) is 18.1. The highest BCUT2D eigenvalue weighted by atomic mass is 19.2. The number of ether oxygens (including phenoxy) is 1. The normalized spacial score (nSPS) is 24.9. The van der Waals surface area contributed by atoms with Crippen LogP contribution in [0.1, 0.15) is 111 Å². The molecule has 0 spiro atoms. The maximum atomic E-state index is 13.7. The van der Waals surface area contributed by atoms with Crippen LogP contribution in [0.2, 0.25) is 0 Å². The van der Waals surface area contributed by atoms with Crippen molar-refractivity contribution in [2.24, 2.45) is 10.9 Å². The van der Waals surface area contributed by atoms with Gasteiger partial charge in [-0.25, -0.2) is 9.92 Å². The van der Waals surface area contributed by atoms with Gasteiger partial charge in [-0.3, -0.25) is 10.3 Å². The van der Waals surface area contributed by atoms with E-state index in [1.165, 1.54) is 58.0 Å². The Balaban J connectivity index is 1.49. The first-order valence-electron chi connectivity index (χ1n) is 20.4. The van der Waals surface area contributed by atoms with Gasteiger partial charge in [-0.05, 0) is 139 Å². The summed E-state index contributed by atoms with van der Waals surface area (Å²) in [6.45, 7) is 22.5. The molecule has 1 amide bonds. The molecule has 2 fully saturated rings. The molecule has 2 saturated heterocycles. The topological polar surface area (TPSA) is 95.2 Å². The fraction of sp³-hybridized carbons (Fsp3) is 0.522. The van der Waals surface area contributed by atoms with Crippen molar-refractivity contribution >= 4 is 23.3 Å². The van der Waals surface area contributed by atoms with Gasteiger partial charge >= 0.3 is 6.09 Å². The minimum absolute atomic E-state index is 0.213. The Bertz CT molecular complexity index is 1790. The van der Waals surface area contributed by atoms with Crippen molar-refractivity contribution in [3.63, 3.8) is 0 Å². The lowest BCUT2D eigenvalue weighted by Crippen LogP contribution is -2.44. The Morgan fingerprint density at radius 1 is 1.15 bits per heavy atom. The average molecular weight is 753 g/mol. The molecule has 3 aliphatic heterocycles. The molecule has 3 heterocycles. The number of nitrogens with one attached hydrogen (secondary N) is 2. The van der Waals surface area contributed by atoms with E-state index in [1.807, 2.05) is 26.0 Å². The maximum Gasteiger partial charge on any atom is 0.414 e. The first-order chi connectivity index (χ1) is 26.2. The number of hydrogen-bond acceptors (Lipinski definition) is 6. The van der Waals surface area contributed by atoms with Crippen LogP contribution < -0.4 is 16.4 Å². The number of guanidine groups is 1. The molecule has 4 N–H and O–H groups in total. The second-order valence-corrected chi connectivity index (χ2v) is 16.6. The number of hydrogen-bond donors (Lipinski definition) is 3. The molecule has 2 atom stereocenters. The summed E-state index contributed by atoms with van der Waals surface area (Å²) in [6, 6.07) is 7.08. The number of nitrogen functional groups attached to an aromatic ring is 1. The molecule has 0 saturated carbocycles. The monoisotopic (exact) mass is 753 g/mol. The minimum atomic E-state index is -0.525. The van der Waals surface area contributed by atoms with Crippen molar-refractivity contribution in [2.45, 2.75) is 117 Å². The van der Waals surface area contributed by atoms with Gasteiger partial charge in [-0.15, -0.1) is 4.48 Å². The van der Waals surface area contributed by atoms with Crippen molar-refractivity contribution in [1.29, 1.82) is 0 Å². The van der Waals surface area contributed by atoms with E-state index in [-0.39, 0.29) is 24.0 Å². The number of halogens is 1. The number of allylic oxidation sites excluding steroid dienone is 9. The number of likely N-dealkylation sites (tertiary alicyclic amines) is 1. The van der Waals surface area contributed by atoms with Gasteiger partial charge < -0.3 is 20.7 Å². The molecule has 0 radical (unpaired) electrons. The highest BCUT2D eigenvalue weighted by molar-refractivity contribution is 5.94. The van der Waals surface area contributed by atoms with Gasteiger partial charge in [-0.2, -0.15) is 0 Å². The molecule has 1 aromatic rings. The first kappa shape index (κ1) is 41.8. The second-order valence-electron chi connectivity index (χ2n) is 16.6. The van der Waals surface area contributed by atoms with E-state index in [1.54, 1.807) is 0 Å². The van der Waals surface area contributed by atoms with Crippen molar-refractivity contribution in [2.75, 3.05) is 38.5 Å². The van der Waals surface area contributed by atoms with Gasteiger partial charge in [0.2, 0.25) is 5.96 Å². The summed E-state index contributed by atoms with van der Waals surface area (Å²) in [7, 11) is 0. The Morgan fingerprint density at radius 2 is 1.95 bits per heavy atom. The molecule has 0 aromatic heterocycles. The standard InChI is InChI=1S/C46H65FN6O2/c1-31(2)55-45(54)51-44(52-24-19-37(30-52)36-20-25-53(47)26-21-36)50-23-18-41(40-13-9-11-32(3)27-33(4)28-34(40)5)42-29-38(15-17-43(42)48)46(7,8)35(6)14-16-39-12-10-22-49-39/h11,15,17,20-21,25,27-29,31,37,39,49H,6,9-10,12-14,16,18-19,22-24,26,30,48H2,1-5,7-8H3,(H,50,51,54)/b32-11-,33-27-,34-28+,41-40+. The average Bonchev–Trinajstić information content (AvgIpc) is 3.84. The molecule has 5 rings (SSSR count). The molecule has 8 nitrogen and oxygen atoms in total. The number of benzene rings is 1. The van der Waals surface area contributed by atoms with Crippen LogP contribution in [0.4, 0.5) is 15.0 Å².